The fourth-order valence-corrected chi connectivity index (χ4v) is 5.36. The van der Waals surface area contributed by atoms with Gasteiger partial charge in [-0.3, -0.25) is 9.59 Å². The molecule has 0 spiro atoms. The minimum Gasteiger partial charge on any atom is -0.481 e. The van der Waals surface area contributed by atoms with Crippen molar-refractivity contribution in [2.75, 3.05) is 18.4 Å². The third-order valence-electron chi connectivity index (χ3n) is 4.73. The molecule has 9 heteroatoms. The molecular weight excluding hydrogens is 400 g/mol. The number of hydrogen-bond donors (Lipinski definition) is 2. The lowest BCUT2D eigenvalue weighted by Gasteiger charge is -2.29. The van der Waals surface area contributed by atoms with Crippen LogP contribution in [0.1, 0.15) is 24.8 Å². The van der Waals surface area contributed by atoms with Gasteiger partial charge in [-0.2, -0.15) is 15.6 Å². The first kappa shape index (κ1) is 20.5. The van der Waals surface area contributed by atoms with E-state index in [1.165, 1.54) is 16.4 Å². The minimum atomic E-state index is -3.76. The molecule has 150 valence electrons. The van der Waals surface area contributed by atoms with Crippen molar-refractivity contribution in [2.24, 2.45) is 5.92 Å². The highest BCUT2D eigenvalue weighted by atomic mass is 32.2. The van der Waals surface area contributed by atoms with E-state index in [1.807, 2.05) is 16.8 Å². The van der Waals surface area contributed by atoms with Crippen LogP contribution in [0.2, 0.25) is 0 Å². The predicted octanol–water partition coefficient (Wildman–Crippen LogP) is 2.80. The summed E-state index contributed by atoms with van der Waals surface area (Å²) in [4.78, 5) is 23.3. The molecule has 0 saturated carbocycles. The first-order valence-corrected chi connectivity index (χ1v) is 11.4. The Morgan fingerprint density at radius 1 is 1.21 bits per heavy atom. The first-order valence-electron chi connectivity index (χ1n) is 9.00. The first-order chi connectivity index (χ1) is 13.4. The number of piperidine rings is 1. The number of nitrogens with zero attached hydrogens (tertiary/aromatic N) is 1. The normalized spacial score (nSPS) is 17.9. The van der Waals surface area contributed by atoms with Crippen molar-refractivity contribution in [3.05, 3.63) is 46.7 Å². The molecule has 1 atom stereocenters. The summed E-state index contributed by atoms with van der Waals surface area (Å²) in [7, 11) is -3.76. The molecule has 3 rings (SSSR count). The maximum absolute atomic E-state index is 12.8. The average Bonchev–Trinajstić information content (AvgIpc) is 3.20. The summed E-state index contributed by atoms with van der Waals surface area (Å²) >= 11 is 1.59. The molecule has 1 aliphatic rings. The van der Waals surface area contributed by atoms with Crippen LogP contribution in [0.3, 0.4) is 0 Å². The van der Waals surface area contributed by atoms with Gasteiger partial charge in [-0.1, -0.05) is 0 Å². The van der Waals surface area contributed by atoms with Crippen molar-refractivity contribution in [1.29, 1.82) is 0 Å². The van der Waals surface area contributed by atoms with Gasteiger partial charge in [-0.05, 0) is 65.9 Å². The summed E-state index contributed by atoms with van der Waals surface area (Å²) in [5.41, 5.74) is 1.64. The Kier molecular flexibility index (Phi) is 6.48. The molecule has 28 heavy (non-hydrogen) atoms. The van der Waals surface area contributed by atoms with Crippen LogP contribution in [0.4, 0.5) is 5.69 Å². The predicted molar refractivity (Wildman–Crippen MR) is 107 cm³/mol. The average molecular weight is 423 g/mol. The van der Waals surface area contributed by atoms with Gasteiger partial charge in [0.2, 0.25) is 15.9 Å². The van der Waals surface area contributed by atoms with Crippen LogP contribution in [-0.4, -0.2) is 42.8 Å². The summed E-state index contributed by atoms with van der Waals surface area (Å²) in [6, 6.07) is 7.96. The molecule has 1 unspecified atom stereocenters. The standard InChI is InChI=1S/C19H22N2O5S2/c22-18(8-3-14-9-11-27-13-14)20-16-4-6-17(7-5-16)28(25,26)21-10-1-2-15(12-21)19(23)24/h4-7,9,11,13,15H,1-3,8,10,12H2,(H,20,22)(H,23,24). The van der Waals surface area contributed by atoms with Crippen molar-refractivity contribution < 1.29 is 23.1 Å². The van der Waals surface area contributed by atoms with E-state index >= 15 is 0 Å². The highest BCUT2D eigenvalue weighted by molar-refractivity contribution is 7.89. The van der Waals surface area contributed by atoms with Gasteiger partial charge >= 0.3 is 5.97 Å². The molecule has 2 heterocycles. The number of thiophene rings is 1. The van der Waals surface area contributed by atoms with E-state index in [1.54, 1.807) is 23.5 Å². The molecule has 1 fully saturated rings. The van der Waals surface area contributed by atoms with Crippen LogP contribution >= 0.6 is 11.3 Å². The SMILES string of the molecule is O=C(CCc1ccsc1)Nc1ccc(S(=O)(=O)N2CCCC(C(=O)O)C2)cc1. The maximum Gasteiger partial charge on any atom is 0.307 e. The molecule has 2 N–H and O–H groups in total. The van der Waals surface area contributed by atoms with Crippen LogP contribution in [0.5, 0.6) is 0 Å². The van der Waals surface area contributed by atoms with Gasteiger partial charge in [-0.15, -0.1) is 0 Å². The summed E-state index contributed by atoms with van der Waals surface area (Å²) in [5, 5.41) is 15.9. The lowest BCUT2D eigenvalue weighted by Crippen LogP contribution is -2.42. The number of carboxylic acid groups (broad SMARTS) is 1. The largest absolute Gasteiger partial charge is 0.481 e. The fourth-order valence-electron chi connectivity index (χ4n) is 3.14. The highest BCUT2D eigenvalue weighted by Crippen LogP contribution is 2.25. The molecule has 0 bridgehead atoms. The number of carbonyl (C=O) groups excluding carboxylic acids is 1. The molecule has 1 saturated heterocycles. The Hall–Kier alpha value is -2.23. The summed E-state index contributed by atoms with van der Waals surface area (Å²) in [6.45, 7) is 0.298. The van der Waals surface area contributed by atoms with Gasteiger partial charge in [0.1, 0.15) is 0 Å². The van der Waals surface area contributed by atoms with E-state index in [-0.39, 0.29) is 17.3 Å². The number of hydrogen-bond acceptors (Lipinski definition) is 5. The van der Waals surface area contributed by atoms with Crippen LogP contribution in [0.25, 0.3) is 0 Å². The smallest absolute Gasteiger partial charge is 0.307 e. The topological polar surface area (TPSA) is 104 Å². The van der Waals surface area contributed by atoms with E-state index in [4.69, 9.17) is 5.11 Å². The van der Waals surface area contributed by atoms with E-state index < -0.39 is 21.9 Å². The van der Waals surface area contributed by atoms with Crippen LogP contribution in [0, 0.1) is 5.92 Å². The van der Waals surface area contributed by atoms with Gasteiger partial charge in [0, 0.05) is 25.2 Å². The molecule has 0 aliphatic carbocycles. The van der Waals surface area contributed by atoms with E-state index in [2.05, 4.69) is 5.32 Å². The number of aryl methyl sites for hydroxylation is 1. The lowest BCUT2D eigenvalue weighted by molar-refractivity contribution is -0.142. The molecule has 1 aliphatic heterocycles. The summed E-state index contributed by atoms with van der Waals surface area (Å²) in [5.74, 6) is -1.78. The van der Waals surface area contributed by atoms with E-state index in [0.717, 1.165) is 5.56 Å². The van der Waals surface area contributed by atoms with Gasteiger partial charge in [0.25, 0.3) is 0 Å². The Morgan fingerprint density at radius 2 is 1.96 bits per heavy atom. The Balaban J connectivity index is 1.61. The number of sulfonamides is 1. The molecule has 1 amide bonds. The second-order valence-corrected chi connectivity index (χ2v) is 9.46. The minimum absolute atomic E-state index is 0.0151. The second kappa shape index (κ2) is 8.85. The van der Waals surface area contributed by atoms with Crippen molar-refractivity contribution in [3.63, 3.8) is 0 Å². The summed E-state index contributed by atoms with van der Waals surface area (Å²) < 4.78 is 26.8. The van der Waals surface area contributed by atoms with Gasteiger partial charge < -0.3 is 10.4 Å². The fraction of sp³-hybridized carbons (Fsp3) is 0.368. The van der Waals surface area contributed by atoms with Crippen molar-refractivity contribution in [2.45, 2.75) is 30.6 Å². The lowest BCUT2D eigenvalue weighted by atomic mass is 10.0. The number of rotatable bonds is 7. The van der Waals surface area contributed by atoms with Crippen LogP contribution < -0.4 is 5.32 Å². The quantitative estimate of drug-likeness (QED) is 0.714. The van der Waals surface area contributed by atoms with E-state index in [0.29, 0.717) is 37.9 Å². The van der Waals surface area contributed by atoms with Crippen molar-refractivity contribution >= 4 is 38.9 Å². The maximum atomic E-state index is 12.8. The summed E-state index contributed by atoms with van der Waals surface area (Å²) in [6.07, 6.45) is 2.01. The number of amides is 1. The molecule has 0 radical (unpaired) electrons. The van der Waals surface area contributed by atoms with Crippen LogP contribution in [-0.2, 0) is 26.0 Å². The monoisotopic (exact) mass is 422 g/mol. The van der Waals surface area contributed by atoms with Crippen LogP contribution in [0.15, 0.2) is 46.0 Å². The third kappa shape index (κ3) is 4.98. The zero-order valence-corrected chi connectivity index (χ0v) is 16.8. The third-order valence-corrected chi connectivity index (χ3v) is 7.34. The molecular formula is C19H22N2O5S2. The van der Waals surface area contributed by atoms with E-state index in [9.17, 15) is 18.0 Å². The van der Waals surface area contributed by atoms with Gasteiger partial charge in [0.05, 0.1) is 10.8 Å². The molecule has 1 aromatic carbocycles. The molecule has 7 nitrogen and oxygen atoms in total. The number of nitrogens with one attached hydrogen (secondary N) is 1. The molecule has 2 aromatic rings. The number of benzene rings is 1. The highest BCUT2D eigenvalue weighted by Gasteiger charge is 2.33. The number of carboxylic acids is 1. The number of carbonyl (C=O) groups is 2. The number of aliphatic carboxylic acids is 1. The Morgan fingerprint density at radius 3 is 2.61 bits per heavy atom. The Labute approximate surface area is 168 Å². The van der Waals surface area contributed by atoms with Crippen molar-refractivity contribution in [3.8, 4) is 0 Å². The zero-order chi connectivity index (χ0) is 20.1. The number of anilines is 1. The zero-order valence-electron chi connectivity index (χ0n) is 15.2. The second-order valence-electron chi connectivity index (χ2n) is 6.74. The van der Waals surface area contributed by atoms with Crippen molar-refractivity contribution in [1.82, 2.24) is 4.31 Å². The van der Waals surface area contributed by atoms with Gasteiger partial charge in [0.15, 0.2) is 0 Å². The van der Waals surface area contributed by atoms with Gasteiger partial charge in [-0.25, -0.2) is 8.42 Å². The molecule has 1 aromatic heterocycles. The Bertz CT molecular complexity index is 924.